The highest BCUT2D eigenvalue weighted by molar-refractivity contribution is 8.00. The average Bonchev–Trinajstić information content (AvgIpc) is 2.63. The van der Waals surface area contributed by atoms with Crippen LogP contribution in [-0.2, 0) is 6.54 Å². The molecule has 1 N–H and O–H groups in total. The van der Waals surface area contributed by atoms with E-state index in [1.165, 1.54) is 17.7 Å². The van der Waals surface area contributed by atoms with Crippen LogP contribution in [0.25, 0.3) is 0 Å². The molecule has 82 valence electrons. The molecule has 0 amide bonds. The monoisotopic (exact) mass is 241 g/mol. The molecule has 1 saturated heterocycles. The van der Waals surface area contributed by atoms with Crippen LogP contribution in [0.15, 0.2) is 24.3 Å². The molecular formula is C12H16ClNS. The minimum atomic E-state index is 0.654. The molecule has 15 heavy (non-hydrogen) atoms. The van der Waals surface area contributed by atoms with E-state index in [-0.39, 0.29) is 0 Å². The van der Waals surface area contributed by atoms with E-state index in [0.717, 1.165) is 16.8 Å². The lowest BCUT2D eigenvalue weighted by Gasteiger charge is -2.12. The Morgan fingerprint density at radius 3 is 2.93 bits per heavy atom. The molecule has 2 atom stereocenters. The van der Waals surface area contributed by atoms with Crippen molar-refractivity contribution >= 4 is 23.4 Å². The molecule has 1 aromatic carbocycles. The van der Waals surface area contributed by atoms with Crippen LogP contribution in [0.3, 0.4) is 0 Å². The maximum Gasteiger partial charge on any atom is 0.0450 e. The summed E-state index contributed by atoms with van der Waals surface area (Å²) < 4.78 is 0. The first kappa shape index (κ1) is 11.3. The van der Waals surface area contributed by atoms with Crippen molar-refractivity contribution in [2.75, 3.05) is 5.75 Å². The molecular weight excluding hydrogens is 226 g/mol. The van der Waals surface area contributed by atoms with Gasteiger partial charge in [0.05, 0.1) is 0 Å². The van der Waals surface area contributed by atoms with Gasteiger partial charge in [-0.25, -0.2) is 0 Å². The van der Waals surface area contributed by atoms with E-state index in [0.29, 0.717) is 6.04 Å². The number of halogens is 1. The number of thioether (sulfide) groups is 1. The van der Waals surface area contributed by atoms with Gasteiger partial charge in [-0.3, -0.25) is 0 Å². The lowest BCUT2D eigenvalue weighted by Crippen LogP contribution is -2.28. The van der Waals surface area contributed by atoms with E-state index < -0.39 is 0 Å². The summed E-state index contributed by atoms with van der Waals surface area (Å²) in [5, 5.41) is 5.23. The molecule has 0 aliphatic carbocycles. The highest BCUT2D eigenvalue weighted by Gasteiger charge is 2.21. The Morgan fingerprint density at radius 1 is 1.47 bits per heavy atom. The van der Waals surface area contributed by atoms with Gasteiger partial charge in [-0.05, 0) is 18.1 Å². The zero-order valence-corrected chi connectivity index (χ0v) is 10.4. The van der Waals surface area contributed by atoms with Gasteiger partial charge in [-0.15, -0.1) is 0 Å². The second-order valence-corrected chi connectivity index (χ2v) is 5.93. The van der Waals surface area contributed by atoms with E-state index in [1.54, 1.807) is 0 Å². The molecule has 1 nitrogen and oxygen atoms in total. The molecule has 1 aliphatic rings. The van der Waals surface area contributed by atoms with Crippen LogP contribution in [-0.4, -0.2) is 17.0 Å². The largest absolute Gasteiger partial charge is 0.309 e. The summed E-state index contributed by atoms with van der Waals surface area (Å²) in [4.78, 5) is 0. The molecule has 0 saturated carbocycles. The molecule has 0 spiro atoms. The van der Waals surface area contributed by atoms with Crippen LogP contribution in [0, 0.1) is 0 Å². The standard InChI is InChI=1S/C12H16ClNS/c1-9-6-11(8-15-9)14-7-10-4-2-3-5-12(10)13/h2-5,9,11,14H,6-8H2,1H3. The van der Waals surface area contributed by atoms with Crippen LogP contribution in [0.2, 0.25) is 5.02 Å². The number of nitrogens with one attached hydrogen (secondary N) is 1. The van der Waals surface area contributed by atoms with E-state index in [1.807, 2.05) is 30.0 Å². The molecule has 1 aliphatic heterocycles. The summed E-state index contributed by atoms with van der Waals surface area (Å²) in [5.41, 5.74) is 1.20. The minimum absolute atomic E-state index is 0.654. The van der Waals surface area contributed by atoms with Crippen molar-refractivity contribution in [3.8, 4) is 0 Å². The van der Waals surface area contributed by atoms with Gasteiger partial charge in [-0.2, -0.15) is 11.8 Å². The van der Waals surface area contributed by atoms with Gasteiger partial charge in [0.1, 0.15) is 0 Å². The van der Waals surface area contributed by atoms with Crippen molar-refractivity contribution in [1.29, 1.82) is 0 Å². The Bertz CT molecular complexity index is 329. The lowest BCUT2D eigenvalue weighted by molar-refractivity contribution is 0.539. The van der Waals surface area contributed by atoms with Crippen molar-refractivity contribution in [2.45, 2.75) is 31.2 Å². The molecule has 3 heteroatoms. The Balaban J connectivity index is 1.86. The molecule has 1 fully saturated rings. The summed E-state index contributed by atoms with van der Waals surface area (Å²) in [6, 6.07) is 8.70. The predicted molar refractivity (Wildman–Crippen MR) is 68.6 cm³/mol. The van der Waals surface area contributed by atoms with Crippen LogP contribution >= 0.6 is 23.4 Å². The molecule has 1 heterocycles. The van der Waals surface area contributed by atoms with Gasteiger partial charge >= 0.3 is 0 Å². The summed E-state index contributed by atoms with van der Waals surface area (Å²) in [6.45, 7) is 3.18. The van der Waals surface area contributed by atoms with E-state index in [4.69, 9.17) is 11.6 Å². The third-order valence-electron chi connectivity index (χ3n) is 2.74. The van der Waals surface area contributed by atoms with Gasteiger partial charge in [0, 0.05) is 28.6 Å². The summed E-state index contributed by atoms with van der Waals surface area (Å²) in [5.74, 6) is 1.23. The van der Waals surface area contributed by atoms with Gasteiger partial charge < -0.3 is 5.32 Å². The zero-order chi connectivity index (χ0) is 10.7. The third-order valence-corrected chi connectivity index (χ3v) is 4.46. The Morgan fingerprint density at radius 2 is 2.27 bits per heavy atom. The van der Waals surface area contributed by atoms with Crippen molar-refractivity contribution in [3.05, 3.63) is 34.9 Å². The van der Waals surface area contributed by atoms with E-state index in [2.05, 4.69) is 18.3 Å². The SMILES string of the molecule is CC1CC(NCc2ccccc2Cl)CS1. The molecule has 2 rings (SSSR count). The number of hydrogen-bond donors (Lipinski definition) is 1. The van der Waals surface area contributed by atoms with Crippen molar-refractivity contribution < 1.29 is 0 Å². The van der Waals surface area contributed by atoms with E-state index >= 15 is 0 Å². The van der Waals surface area contributed by atoms with Crippen LogP contribution in [0.1, 0.15) is 18.9 Å². The van der Waals surface area contributed by atoms with Gasteiger partial charge in [0.15, 0.2) is 0 Å². The highest BCUT2D eigenvalue weighted by atomic mass is 35.5. The summed E-state index contributed by atoms with van der Waals surface area (Å²) in [7, 11) is 0. The first-order valence-corrected chi connectivity index (χ1v) is 6.77. The normalized spacial score (nSPS) is 25.7. The minimum Gasteiger partial charge on any atom is -0.309 e. The second-order valence-electron chi connectivity index (χ2n) is 4.05. The fourth-order valence-electron chi connectivity index (χ4n) is 1.86. The van der Waals surface area contributed by atoms with Crippen molar-refractivity contribution in [1.82, 2.24) is 5.32 Å². The van der Waals surface area contributed by atoms with Crippen molar-refractivity contribution in [2.24, 2.45) is 0 Å². The topological polar surface area (TPSA) is 12.0 Å². The third kappa shape index (κ3) is 3.13. The van der Waals surface area contributed by atoms with Gasteiger partial charge in [-0.1, -0.05) is 36.7 Å². The number of rotatable bonds is 3. The Labute approximate surface area is 101 Å². The molecule has 1 aromatic rings. The predicted octanol–water partition coefficient (Wildman–Crippen LogP) is 3.32. The van der Waals surface area contributed by atoms with Crippen LogP contribution in [0.4, 0.5) is 0 Å². The Kier molecular flexibility index (Phi) is 3.95. The highest BCUT2D eigenvalue weighted by Crippen LogP contribution is 2.26. The Hall–Kier alpha value is -0.180. The zero-order valence-electron chi connectivity index (χ0n) is 8.87. The van der Waals surface area contributed by atoms with Crippen LogP contribution < -0.4 is 5.32 Å². The first-order chi connectivity index (χ1) is 7.25. The second kappa shape index (κ2) is 5.24. The maximum atomic E-state index is 6.09. The lowest BCUT2D eigenvalue weighted by atomic mass is 10.1. The summed E-state index contributed by atoms with van der Waals surface area (Å²) >= 11 is 8.14. The average molecular weight is 242 g/mol. The molecule has 0 aromatic heterocycles. The molecule has 2 unspecified atom stereocenters. The summed E-state index contributed by atoms with van der Waals surface area (Å²) in [6.07, 6.45) is 1.27. The number of benzene rings is 1. The van der Waals surface area contributed by atoms with Crippen LogP contribution in [0.5, 0.6) is 0 Å². The van der Waals surface area contributed by atoms with Gasteiger partial charge in [0.2, 0.25) is 0 Å². The van der Waals surface area contributed by atoms with E-state index in [9.17, 15) is 0 Å². The molecule has 0 bridgehead atoms. The number of hydrogen-bond acceptors (Lipinski definition) is 2. The van der Waals surface area contributed by atoms with Gasteiger partial charge in [0.25, 0.3) is 0 Å². The van der Waals surface area contributed by atoms with Crippen molar-refractivity contribution in [3.63, 3.8) is 0 Å². The molecule has 0 radical (unpaired) electrons. The smallest absolute Gasteiger partial charge is 0.0450 e. The fourth-order valence-corrected chi connectivity index (χ4v) is 3.24. The maximum absolute atomic E-state index is 6.09. The fraction of sp³-hybridized carbons (Fsp3) is 0.500. The quantitative estimate of drug-likeness (QED) is 0.872. The first-order valence-electron chi connectivity index (χ1n) is 5.34.